The summed E-state index contributed by atoms with van der Waals surface area (Å²) in [5.41, 5.74) is 4.96. The van der Waals surface area contributed by atoms with Crippen LogP contribution in [0.1, 0.15) is 28.4 Å². The van der Waals surface area contributed by atoms with E-state index in [0.717, 1.165) is 16.1 Å². The van der Waals surface area contributed by atoms with Crippen LogP contribution in [0, 0.1) is 6.92 Å². The van der Waals surface area contributed by atoms with Gasteiger partial charge in [-0.05, 0) is 25.0 Å². The van der Waals surface area contributed by atoms with Crippen molar-refractivity contribution in [1.82, 2.24) is 0 Å². The van der Waals surface area contributed by atoms with Crippen LogP contribution in [-0.2, 0) is 11.3 Å². The first-order valence-corrected chi connectivity index (χ1v) is 9.20. The second-order valence-electron chi connectivity index (χ2n) is 5.78. The highest BCUT2D eigenvalue weighted by molar-refractivity contribution is 7.15. The van der Waals surface area contributed by atoms with Crippen molar-refractivity contribution >= 4 is 22.3 Å². The van der Waals surface area contributed by atoms with Gasteiger partial charge in [0, 0.05) is 17.5 Å². The normalized spacial score (nSPS) is 10.5. The maximum atomic E-state index is 12.5. The summed E-state index contributed by atoms with van der Waals surface area (Å²) < 4.78 is 5.29. The highest BCUT2D eigenvalue weighted by Gasteiger charge is 2.21. The predicted octanol–water partition coefficient (Wildman–Crippen LogP) is 5.51. The fourth-order valence-electron chi connectivity index (χ4n) is 2.73. The molecule has 0 amide bonds. The van der Waals surface area contributed by atoms with Crippen molar-refractivity contribution in [2.45, 2.75) is 20.4 Å². The molecule has 0 bridgehead atoms. The van der Waals surface area contributed by atoms with Gasteiger partial charge in [-0.3, -0.25) is 0 Å². The zero-order valence-corrected chi connectivity index (χ0v) is 15.2. The number of ether oxygens (including phenoxy) is 1. The SMILES string of the molecule is CCOC(=O)c1c(-c2ccccc2)csc1NCc1cccc(C)c1. The zero-order valence-electron chi connectivity index (χ0n) is 14.4. The summed E-state index contributed by atoms with van der Waals surface area (Å²) in [5.74, 6) is -0.283. The Morgan fingerprint density at radius 3 is 2.64 bits per heavy atom. The second kappa shape index (κ2) is 7.99. The molecule has 0 saturated carbocycles. The van der Waals surface area contributed by atoms with Crippen LogP contribution in [0.25, 0.3) is 11.1 Å². The molecule has 3 nitrogen and oxygen atoms in total. The molecule has 1 heterocycles. The van der Waals surface area contributed by atoms with Crippen LogP contribution >= 0.6 is 11.3 Å². The summed E-state index contributed by atoms with van der Waals surface area (Å²) in [6.45, 7) is 4.93. The number of benzene rings is 2. The van der Waals surface area contributed by atoms with Crippen LogP contribution in [0.4, 0.5) is 5.00 Å². The number of rotatable bonds is 6. The third-order valence-corrected chi connectivity index (χ3v) is 4.83. The molecule has 0 aliphatic rings. The Labute approximate surface area is 152 Å². The van der Waals surface area contributed by atoms with E-state index in [2.05, 4.69) is 30.4 Å². The molecule has 1 aromatic heterocycles. The summed E-state index contributed by atoms with van der Waals surface area (Å²) in [4.78, 5) is 12.5. The number of thiophene rings is 1. The zero-order chi connectivity index (χ0) is 17.6. The van der Waals surface area contributed by atoms with Crippen molar-refractivity contribution in [3.63, 3.8) is 0 Å². The molecule has 3 aromatic rings. The Morgan fingerprint density at radius 2 is 1.92 bits per heavy atom. The van der Waals surface area contributed by atoms with Crippen LogP contribution in [0.2, 0.25) is 0 Å². The van der Waals surface area contributed by atoms with Crippen LogP contribution in [0.3, 0.4) is 0 Å². The lowest BCUT2D eigenvalue weighted by atomic mass is 10.0. The van der Waals surface area contributed by atoms with Gasteiger partial charge in [-0.15, -0.1) is 11.3 Å². The van der Waals surface area contributed by atoms with E-state index in [-0.39, 0.29) is 5.97 Å². The molecule has 3 rings (SSSR count). The number of anilines is 1. The molecule has 25 heavy (non-hydrogen) atoms. The second-order valence-corrected chi connectivity index (χ2v) is 6.66. The molecule has 0 fully saturated rings. The molecule has 0 aliphatic carbocycles. The molecule has 0 saturated heterocycles. The molecule has 0 atom stereocenters. The predicted molar refractivity (Wildman–Crippen MR) is 104 cm³/mol. The molecule has 0 unspecified atom stereocenters. The highest BCUT2D eigenvalue weighted by Crippen LogP contribution is 2.36. The summed E-state index contributed by atoms with van der Waals surface area (Å²) >= 11 is 1.54. The largest absolute Gasteiger partial charge is 0.462 e. The average Bonchev–Trinajstić information content (AvgIpc) is 3.05. The van der Waals surface area contributed by atoms with Gasteiger partial charge in [0.25, 0.3) is 0 Å². The number of carbonyl (C=O) groups excluding carboxylic acids is 1. The van der Waals surface area contributed by atoms with Crippen molar-refractivity contribution in [2.24, 2.45) is 0 Å². The molecule has 4 heteroatoms. The lowest BCUT2D eigenvalue weighted by molar-refractivity contribution is 0.0529. The van der Waals surface area contributed by atoms with Crippen LogP contribution in [0.5, 0.6) is 0 Å². The Bertz CT molecular complexity index is 855. The molecule has 0 radical (unpaired) electrons. The van der Waals surface area contributed by atoms with Crippen LogP contribution < -0.4 is 5.32 Å². The fraction of sp³-hybridized carbons (Fsp3) is 0.190. The molecule has 2 aromatic carbocycles. The number of aryl methyl sites for hydroxylation is 1. The van der Waals surface area contributed by atoms with Gasteiger partial charge < -0.3 is 10.1 Å². The van der Waals surface area contributed by atoms with E-state index >= 15 is 0 Å². The standard InChI is InChI=1S/C21H21NO2S/c1-3-24-21(23)19-18(17-10-5-4-6-11-17)14-25-20(19)22-13-16-9-7-8-15(2)12-16/h4-12,14,22H,3,13H2,1-2H3. The van der Waals surface area contributed by atoms with Gasteiger partial charge in [-0.2, -0.15) is 0 Å². The van der Waals surface area contributed by atoms with Crippen molar-refractivity contribution in [3.05, 3.63) is 76.7 Å². The van der Waals surface area contributed by atoms with Gasteiger partial charge in [0.1, 0.15) is 10.6 Å². The van der Waals surface area contributed by atoms with Crippen molar-refractivity contribution in [1.29, 1.82) is 0 Å². The highest BCUT2D eigenvalue weighted by atomic mass is 32.1. The summed E-state index contributed by atoms with van der Waals surface area (Å²) in [5, 5.41) is 6.26. The molecular formula is C21H21NO2S. The van der Waals surface area contributed by atoms with E-state index in [1.54, 1.807) is 0 Å². The fourth-order valence-corrected chi connectivity index (χ4v) is 3.68. The van der Waals surface area contributed by atoms with Gasteiger partial charge in [0.2, 0.25) is 0 Å². The van der Waals surface area contributed by atoms with Crippen molar-refractivity contribution < 1.29 is 9.53 Å². The topological polar surface area (TPSA) is 38.3 Å². The lowest BCUT2D eigenvalue weighted by Crippen LogP contribution is -2.09. The van der Waals surface area contributed by atoms with Gasteiger partial charge in [-0.25, -0.2) is 4.79 Å². The Morgan fingerprint density at radius 1 is 1.12 bits per heavy atom. The molecule has 0 spiro atoms. The van der Waals surface area contributed by atoms with Crippen molar-refractivity contribution in [2.75, 3.05) is 11.9 Å². The van der Waals surface area contributed by atoms with Gasteiger partial charge in [0.15, 0.2) is 0 Å². The number of hydrogen-bond donors (Lipinski definition) is 1. The first-order valence-electron chi connectivity index (χ1n) is 8.32. The minimum absolute atomic E-state index is 0.283. The molecule has 128 valence electrons. The summed E-state index contributed by atoms with van der Waals surface area (Å²) in [6.07, 6.45) is 0. The Balaban J connectivity index is 1.90. The minimum Gasteiger partial charge on any atom is -0.462 e. The summed E-state index contributed by atoms with van der Waals surface area (Å²) in [7, 11) is 0. The van der Waals surface area contributed by atoms with E-state index in [0.29, 0.717) is 18.7 Å². The first-order chi connectivity index (χ1) is 12.2. The smallest absolute Gasteiger partial charge is 0.341 e. The Kier molecular flexibility index (Phi) is 5.51. The maximum absolute atomic E-state index is 12.5. The van der Waals surface area contributed by atoms with Crippen LogP contribution in [0.15, 0.2) is 60.0 Å². The first kappa shape index (κ1) is 17.2. The number of esters is 1. The van der Waals surface area contributed by atoms with E-state index < -0.39 is 0 Å². The Hall–Kier alpha value is -2.59. The molecule has 1 N–H and O–H groups in total. The molecular weight excluding hydrogens is 330 g/mol. The van der Waals surface area contributed by atoms with Gasteiger partial charge in [0.05, 0.1) is 6.61 Å². The van der Waals surface area contributed by atoms with Gasteiger partial charge >= 0.3 is 5.97 Å². The summed E-state index contributed by atoms with van der Waals surface area (Å²) in [6, 6.07) is 18.3. The average molecular weight is 351 g/mol. The molecule has 0 aliphatic heterocycles. The number of hydrogen-bond acceptors (Lipinski definition) is 4. The third-order valence-electron chi connectivity index (χ3n) is 3.89. The number of carbonyl (C=O) groups is 1. The maximum Gasteiger partial charge on any atom is 0.341 e. The quantitative estimate of drug-likeness (QED) is 0.595. The van der Waals surface area contributed by atoms with E-state index in [9.17, 15) is 4.79 Å². The van der Waals surface area contributed by atoms with Crippen LogP contribution in [-0.4, -0.2) is 12.6 Å². The lowest BCUT2D eigenvalue weighted by Gasteiger charge is -2.10. The van der Waals surface area contributed by atoms with E-state index in [4.69, 9.17) is 4.74 Å². The van der Waals surface area contributed by atoms with E-state index in [1.165, 1.54) is 22.5 Å². The van der Waals surface area contributed by atoms with Crippen molar-refractivity contribution in [3.8, 4) is 11.1 Å². The number of nitrogens with one attached hydrogen (secondary N) is 1. The monoisotopic (exact) mass is 351 g/mol. The third kappa shape index (κ3) is 4.09. The minimum atomic E-state index is -0.283. The van der Waals surface area contributed by atoms with Gasteiger partial charge in [-0.1, -0.05) is 60.2 Å². The van der Waals surface area contributed by atoms with E-state index in [1.807, 2.05) is 48.7 Å².